The Morgan fingerprint density at radius 2 is 0.477 bits per heavy atom. The first-order valence-electron chi connectivity index (χ1n) is 45.5. The van der Waals surface area contributed by atoms with E-state index in [4.69, 9.17) is 37.0 Å². The number of aliphatic hydroxyl groups excluding tert-OH is 1. The summed E-state index contributed by atoms with van der Waals surface area (Å²) in [6.07, 6.45) is 72.8. The fourth-order valence-electron chi connectivity index (χ4n) is 13.7. The van der Waals surface area contributed by atoms with E-state index in [1.807, 2.05) is 0 Å². The van der Waals surface area contributed by atoms with Crippen LogP contribution < -0.4 is 0 Å². The SMILES string of the molecule is CCCCCCCCCCCCCCCCCCCCCCCC(=O)OC[C@H](COP(=O)(O)OC[C@@H](O)COP(=O)(O)OC[C@@H](COC(=O)CCCCCCC)OC(=O)CCCCCCCCCCCCCCCCCCC(C)C)OC(=O)CCCCCCCCCCCCCCCCCCCCC(C)CC. The van der Waals surface area contributed by atoms with Gasteiger partial charge in [-0.15, -0.1) is 0 Å². The molecule has 0 radical (unpaired) electrons. The lowest BCUT2D eigenvalue weighted by Gasteiger charge is -2.21. The highest BCUT2D eigenvalue weighted by Gasteiger charge is 2.30. The normalized spacial score (nSPS) is 14.0. The topological polar surface area (TPSA) is 237 Å². The number of carbonyl (C=O) groups is 4. The maximum atomic E-state index is 13.1. The molecule has 0 aromatic rings. The van der Waals surface area contributed by atoms with Gasteiger partial charge in [-0.25, -0.2) is 9.13 Å². The van der Waals surface area contributed by atoms with Gasteiger partial charge in [0.25, 0.3) is 0 Å². The third kappa shape index (κ3) is 80.5. The largest absolute Gasteiger partial charge is 0.472 e. The lowest BCUT2D eigenvalue weighted by Crippen LogP contribution is -2.30. The third-order valence-electron chi connectivity index (χ3n) is 21.1. The number of phosphoric ester groups is 2. The first-order valence-corrected chi connectivity index (χ1v) is 48.5. The first-order chi connectivity index (χ1) is 51.9. The monoisotopic (exact) mass is 1560 g/mol. The van der Waals surface area contributed by atoms with Crippen LogP contribution in [0, 0.1) is 11.8 Å². The highest BCUT2D eigenvalue weighted by molar-refractivity contribution is 7.47. The van der Waals surface area contributed by atoms with Gasteiger partial charge in [0.2, 0.25) is 0 Å². The van der Waals surface area contributed by atoms with Gasteiger partial charge < -0.3 is 33.8 Å². The van der Waals surface area contributed by atoms with E-state index in [0.717, 1.165) is 108 Å². The van der Waals surface area contributed by atoms with E-state index in [1.165, 1.54) is 283 Å². The molecule has 0 heterocycles. The number of hydrogen-bond donors (Lipinski definition) is 3. The predicted molar refractivity (Wildman–Crippen MR) is 442 cm³/mol. The molecule has 0 fully saturated rings. The molecule has 0 amide bonds. The number of phosphoric acid groups is 2. The van der Waals surface area contributed by atoms with Crippen molar-refractivity contribution < 1.29 is 80.2 Å². The highest BCUT2D eigenvalue weighted by atomic mass is 31.2. The van der Waals surface area contributed by atoms with Gasteiger partial charge in [0, 0.05) is 25.7 Å². The van der Waals surface area contributed by atoms with Crippen LogP contribution in [0.1, 0.15) is 472 Å². The lowest BCUT2D eigenvalue weighted by atomic mass is 9.99. The van der Waals surface area contributed by atoms with Gasteiger partial charge in [0.1, 0.15) is 19.3 Å². The summed E-state index contributed by atoms with van der Waals surface area (Å²) in [6.45, 7) is 9.68. The fourth-order valence-corrected chi connectivity index (χ4v) is 15.3. The van der Waals surface area contributed by atoms with Crippen LogP contribution in [-0.2, 0) is 65.4 Å². The van der Waals surface area contributed by atoms with Crippen molar-refractivity contribution >= 4 is 39.5 Å². The van der Waals surface area contributed by atoms with Crippen molar-refractivity contribution in [1.82, 2.24) is 0 Å². The van der Waals surface area contributed by atoms with Crippen molar-refractivity contribution in [2.75, 3.05) is 39.6 Å². The molecule has 0 rings (SSSR count). The molecule has 0 saturated carbocycles. The molecule has 0 aliphatic heterocycles. The quantitative estimate of drug-likeness (QED) is 0.0222. The molecule has 0 aliphatic rings. The maximum absolute atomic E-state index is 13.1. The summed E-state index contributed by atoms with van der Waals surface area (Å²) >= 11 is 0. The van der Waals surface area contributed by atoms with Crippen LogP contribution in [0.5, 0.6) is 0 Å². The van der Waals surface area contributed by atoms with Crippen molar-refractivity contribution in [3.8, 4) is 0 Å². The van der Waals surface area contributed by atoms with Crippen molar-refractivity contribution in [2.24, 2.45) is 11.8 Å². The Balaban J connectivity index is 5.09. The Morgan fingerprint density at radius 1 is 0.271 bits per heavy atom. The Kier molecular flexibility index (Phi) is 77.9. The van der Waals surface area contributed by atoms with E-state index in [0.29, 0.717) is 25.7 Å². The zero-order chi connectivity index (χ0) is 78.5. The van der Waals surface area contributed by atoms with Gasteiger partial charge in [-0.1, -0.05) is 420 Å². The molecule has 636 valence electrons. The van der Waals surface area contributed by atoms with E-state index in [-0.39, 0.29) is 25.7 Å². The van der Waals surface area contributed by atoms with Crippen LogP contribution in [0.2, 0.25) is 0 Å². The van der Waals surface area contributed by atoms with E-state index in [2.05, 4.69) is 41.5 Å². The smallest absolute Gasteiger partial charge is 0.462 e. The second-order valence-electron chi connectivity index (χ2n) is 32.4. The Bertz CT molecular complexity index is 2050. The standard InChI is InChI=1S/C88H172O17P2/c1-7-10-12-14-15-16-17-18-19-20-21-22-23-27-33-38-43-48-53-59-65-71-86(91)99-77-84(105-88(93)73-67-61-54-49-44-39-34-28-25-24-26-32-37-42-47-52-58-63-69-81(6)9-3)79-103-107(96,97)101-75-82(89)74-100-106(94,95)102-78-83(76-98-85(90)70-64-56-13-11-8-2)104-87(92)72-66-60-55-50-45-40-35-30-29-31-36-41-46-51-57-62-68-80(4)5/h80-84,89H,7-79H2,1-6H3,(H,94,95)(H,96,97)/t81?,82-,83+,84+/m0/s1. The predicted octanol–water partition coefficient (Wildman–Crippen LogP) is 27.0. The molecule has 107 heavy (non-hydrogen) atoms. The maximum Gasteiger partial charge on any atom is 0.472 e. The van der Waals surface area contributed by atoms with E-state index >= 15 is 0 Å². The zero-order valence-electron chi connectivity index (χ0n) is 70.5. The Labute approximate surface area is 658 Å². The molecular weight excluding hydrogens is 1390 g/mol. The second kappa shape index (κ2) is 79.3. The van der Waals surface area contributed by atoms with Crippen LogP contribution >= 0.6 is 15.6 Å². The van der Waals surface area contributed by atoms with Crippen LogP contribution in [-0.4, -0.2) is 96.7 Å². The van der Waals surface area contributed by atoms with E-state index < -0.39 is 97.5 Å². The number of aliphatic hydroxyl groups is 1. The molecular formula is C88H172O17P2. The lowest BCUT2D eigenvalue weighted by molar-refractivity contribution is -0.161. The molecule has 6 atom stereocenters. The minimum atomic E-state index is -4.96. The third-order valence-corrected chi connectivity index (χ3v) is 23.0. The number of hydrogen-bond acceptors (Lipinski definition) is 15. The van der Waals surface area contributed by atoms with Crippen LogP contribution in [0.4, 0.5) is 0 Å². The summed E-state index contributed by atoms with van der Waals surface area (Å²) in [7, 11) is -9.92. The summed E-state index contributed by atoms with van der Waals surface area (Å²) < 4.78 is 68.7. The summed E-state index contributed by atoms with van der Waals surface area (Å²) in [5, 5.41) is 10.6. The average molecular weight is 1560 g/mol. The van der Waals surface area contributed by atoms with Crippen molar-refractivity contribution in [2.45, 2.75) is 490 Å². The minimum Gasteiger partial charge on any atom is -0.462 e. The Morgan fingerprint density at radius 3 is 0.710 bits per heavy atom. The summed E-state index contributed by atoms with van der Waals surface area (Å²) in [5.41, 5.74) is 0. The van der Waals surface area contributed by atoms with Gasteiger partial charge in [-0.3, -0.25) is 37.3 Å². The average Bonchev–Trinajstić information content (AvgIpc) is 0.900. The number of esters is 4. The molecule has 3 N–H and O–H groups in total. The molecule has 0 aromatic carbocycles. The number of carbonyl (C=O) groups excluding carboxylic acids is 4. The molecule has 3 unspecified atom stereocenters. The number of unbranched alkanes of at least 4 members (excludes halogenated alkanes) is 56. The molecule has 19 heteroatoms. The summed E-state index contributed by atoms with van der Waals surface area (Å²) in [5.74, 6) is -0.432. The molecule has 0 aliphatic carbocycles. The van der Waals surface area contributed by atoms with Gasteiger partial charge in [0.15, 0.2) is 12.2 Å². The van der Waals surface area contributed by atoms with Gasteiger partial charge in [0.05, 0.1) is 26.4 Å². The highest BCUT2D eigenvalue weighted by Crippen LogP contribution is 2.45. The van der Waals surface area contributed by atoms with Gasteiger partial charge in [-0.2, -0.15) is 0 Å². The van der Waals surface area contributed by atoms with Crippen LogP contribution in [0.3, 0.4) is 0 Å². The molecule has 0 spiro atoms. The molecule has 0 aromatic heterocycles. The van der Waals surface area contributed by atoms with E-state index in [9.17, 15) is 43.2 Å². The first kappa shape index (κ1) is 105. The summed E-state index contributed by atoms with van der Waals surface area (Å²) in [6, 6.07) is 0. The van der Waals surface area contributed by atoms with Crippen molar-refractivity contribution in [3.63, 3.8) is 0 Å². The number of ether oxygens (including phenoxy) is 4. The number of rotatable bonds is 87. The minimum absolute atomic E-state index is 0.107. The van der Waals surface area contributed by atoms with Crippen molar-refractivity contribution in [1.29, 1.82) is 0 Å². The molecule has 17 nitrogen and oxygen atoms in total. The van der Waals surface area contributed by atoms with E-state index in [1.54, 1.807) is 0 Å². The van der Waals surface area contributed by atoms with Crippen molar-refractivity contribution in [3.05, 3.63) is 0 Å². The Hall–Kier alpha value is -1.94. The summed E-state index contributed by atoms with van der Waals surface area (Å²) in [4.78, 5) is 73.0. The zero-order valence-corrected chi connectivity index (χ0v) is 72.2. The van der Waals surface area contributed by atoms with Crippen LogP contribution in [0.25, 0.3) is 0 Å². The van der Waals surface area contributed by atoms with Crippen LogP contribution in [0.15, 0.2) is 0 Å². The fraction of sp³-hybridized carbons (Fsp3) is 0.955. The second-order valence-corrected chi connectivity index (χ2v) is 35.3. The molecule has 0 bridgehead atoms. The van der Waals surface area contributed by atoms with Gasteiger partial charge in [-0.05, 0) is 37.5 Å². The van der Waals surface area contributed by atoms with Gasteiger partial charge >= 0.3 is 39.5 Å². The molecule has 0 saturated heterocycles.